The van der Waals surface area contributed by atoms with E-state index in [0.717, 1.165) is 5.39 Å². The van der Waals surface area contributed by atoms with Crippen LogP contribution in [0.15, 0.2) is 47.4 Å². The number of aromatic nitrogens is 3. The van der Waals surface area contributed by atoms with Crippen LogP contribution in [0.2, 0.25) is 0 Å². The Morgan fingerprint density at radius 3 is 2.72 bits per heavy atom. The van der Waals surface area contributed by atoms with Crippen molar-refractivity contribution in [1.82, 2.24) is 15.0 Å². The maximum atomic E-state index is 14.1. The zero-order valence-electron chi connectivity index (χ0n) is 19.4. The van der Waals surface area contributed by atoms with Crippen LogP contribution in [0.25, 0.3) is 33.1 Å². The number of anilines is 1. The summed E-state index contributed by atoms with van der Waals surface area (Å²) < 4.78 is 33.7. The highest BCUT2D eigenvalue weighted by molar-refractivity contribution is 6.04. The number of ether oxygens (including phenoxy) is 1. The van der Waals surface area contributed by atoms with E-state index in [1.54, 1.807) is 6.07 Å². The van der Waals surface area contributed by atoms with Crippen LogP contribution in [0, 0.1) is 0 Å². The molecule has 0 bridgehead atoms. The van der Waals surface area contributed by atoms with E-state index in [2.05, 4.69) is 9.97 Å². The number of methoxy groups -OCH3 is 1. The van der Waals surface area contributed by atoms with Crippen molar-refractivity contribution in [2.45, 2.75) is 25.2 Å². The number of hydrogen-bond acceptors (Lipinski definition) is 6. The first-order valence-corrected chi connectivity index (χ1v) is 11.2. The fourth-order valence-electron chi connectivity index (χ4n) is 4.59. The molecular weight excluding hydrogens is 492 g/mol. The van der Waals surface area contributed by atoms with E-state index in [4.69, 9.17) is 15.5 Å². The first kappa shape index (κ1) is 25.3. The van der Waals surface area contributed by atoms with E-state index in [1.165, 1.54) is 13.3 Å². The molecule has 0 saturated carbocycles. The summed E-state index contributed by atoms with van der Waals surface area (Å²) in [5, 5.41) is 0.826. The van der Waals surface area contributed by atoms with Gasteiger partial charge in [0.05, 0.1) is 29.2 Å². The monoisotopic (exact) mass is 515 g/mol. The van der Waals surface area contributed by atoms with Crippen molar-refractivity contribution in [2.24, 2.45) is 5.73 Å². The second-order valence-corrected chi connectivity index (χ2v) is 8.56. The van der Waals surface area contributed by atoms with Crippen LogP contribution in [0.4, 0.5) is 14.6 Å². The molecule has 1 aliphatic rings. The maximum Gasteiger partial charge on any atom is 0.268 e. The zero-order valence-corrected chi connectivity index (χ0v) is 20.2. The molecule has 4 heterocycles. The highest BCUT2D eigenvalue weighted by atomic mass is 35.5. The Morgan fingerprint density at radius 2 is 1.97 bits per heavy atom. The van der Waals surface area contributed by atoms with Crippen LogP contribution in [-0.4, -0.2) is 47.0 Å². The van der Waals surface area contributed by atoms with Gasteiger partial charge in [0, 0.05) is 43.1 Å². The van der Waals surface area contributed by atoms with Gasteiger partial charge in [0.15, 0.2) is 5.75 Å². The Kier molecular flexibility index (Phi) is 6.81. The summed E-state index contributed by atoms with van der Waals surface area (Å²) in [6, 6.07) is 10.9. The number of halogens is 3. The number of para-hydroxylation sites is 1. The van der Waals surface area contributed by atoms with E-state index >= 15 is 0 Å². The summed E-state index contributed by atoms with van der Waals surface area (Å²) in [6.07, 6.45) is 1.20. The fraction of sp³-hybridized carbons (Fsp3) is 0.280. The number of carbonyl (C=O) groups is 1. The Labute approximate surface area is 210 Å². The molecule has 3 aromatic heterocycles. The van der Waals surface area contributed by atoms with Crippen molar-refractivity contribution in [3.05, 3.63) is 58.5 Å². The molecule has 4 aromatic rings. The predicted octanol–water partition coefficient (Wildman–Crippen LogP) is 4.29. The van der Waals surface area contributed by atoms with E-state index in [1.807, 2.05) is 35.2 Å². The Morgan fingerprint density at radius 1 is 1.19 bits per heavy atom. The Bertz CT molecular complexity index is 1530. The molecule has 8 nitrogen and oxygen atoms in total. The van der Waals surface area contributed by atoms with Gasteiger partial charge in [-0.2, -0.15) is 0 Å². The van der Waals surface area contributed by atoms with Crippen LogP contribution in [0.5, 0.6) is 5.75 Å². The van der Waals surface area contributed by atoms with Crippen molar-refractivity contribution in [3.63, 3.8) is 0 Å². The molecule has 0 atom stereocenters. The number of nitrogens with zero attached hydrogens (tertiary/aromatic N) is 3. The van der Waals surface area contributed by atoms with Gasteiger partial charge in [-0.3, -0.25) is 14.6 Å². The number of nitrogens with two attached hydrogens (primary N) is 1. The van der Waals surface area contributed by atoms with E-state index in [-0.39, 0.29) is 48.6 Å². The number of carbonyl (C=O) groups excluding carboxylic acids is 1. The largest absolute Gasteiger partial charge is 0.491 e. The van der Waals surface area contributed by atoms with Gasteiger partial charge >= 0.3 is 0 Å². The van der Waals surface area contributed by atoms with Crippen molar-refractivity contribution < 1.29 is 18.3 Å². The number of aromatic amines is 1. The van der Waals surface area contributed by atoms with Crippen LogP contribution >= 0.6 is 12.4 Å². The molecule has 5 rings (SSSR count). The number of nitrogens with one attached hydrogen (secondary N) is 1. The minimum Gasteiger partial charge on any atom is -0.491 e. The number of amides is 1. The average molecular weight is 516 g/mol. The summed E-state index contributed by atoms with van der Waals surface area (Å²) in [7, 11) is 1.35. The van der Waals surface area contributed by atoms with E-state index < -0.39 is 17.3 Å². The molecule has 11 heteroatoms. The standard InChI is InChI=1S/C25H23F2N5O3.ClH/c1-35-22-19(30-17-7-10-29-20(23(28)34)18(17)21(22)33)15-13-14-5-2-3-6-16(14)31-24(15)32-11-4-8-25(26,27)9-12-32;/h2-3,5-7,10,13H,4,8-9,11-12H2,1H3,(H2,28,34)(H,30,33);1H. The van der Waals surface area contributed by atoms with Crippen LogP contribution in [0.1, 0.15) is 29.8 Å². The fourth-order valence-corrected chi connectivity index (χ4v) is 4.59. The van der Waals surface area contributed by atoms with Gasteiger partial charge in [-0.1, -0.05) is 18.2 Å². The normalized spacial score (nSPS) is 15.4. The van der Waals surface area contributed by atoms with Crippen molar-refractivity contribution >= 4 is 45.9 Å². The van der Waals surface area contributed by atoms with E-state index in [9.17, 15) is 18.4 Å². The SMILES string of the molecule is COc1c(-c2cc3ccccc3nc2N2CCCC(F)(F)CC2)[nH]c2ccnc(C(N)=O)c2c1=O.Cl. The molecule has 1 aliphatic heterocycles. The highest BCUT2D eigenvalue weighted by Crippen LogP contribution is 2.38. The summed E-state index contributed by atoms with van der Waals surface area (Å²) in [6.45, 7) is 0.505. The Hall–Kier alpha value is -3.79. The topological polar surface area (TPSA) is 114 Å². The maximum absolute atomic E-state index is 14.1. The average Bonchev–Trinajstić information content (AvgIpc) is 3.03. The summed E-state index contributed by atoms with van der Waals surface area (Å²) in [4.78, 5) is 39.1. The number of rotatable bonds is 4. The van der Waals surface area contributed by atoms with Gasteiger partial charge in [0.2, 0.25) is 11.4 Å². The lowest BCUT2D eigenvalue weighted by Crippen LogP contribution is -2.27. The van der Waals surface area contributed by atoms with Crippen molar-refractivity contribution in [1.29, 1.82) is 0 Å². The molecule has 1 amide bonds. The molecule has 188 valence electrons. The number of pyridine rings is 3. The third kappa shape index (κ3) is 4.44. The Balaban J connectivity index is 0.00000304. The summed E-state index contributed by atoms with van der Waals surface area (Å²) in [5.74, 6) is -3.15. The lowest BCUT2D eigenvalue weighted by atomic mass is 10.0. The molecule has 1 fully saturated rings. The zero-order chi connectivity index (χ0) is 24.7. The van der Waals surface area contributed by atoms with Gasteiger partial charge in [-0.05, 0) is 24.6 Å². The van der Waals surface area contributed by atoms with Gasteiger partial charge in [0.1, 0.15) is 11.5 Å². The van der Waals surface area contributed by atoms with Crippen molar-refractivity contribution in [3.8, 4) is 17.0 Å². The molecular formula is C25H24ClF2N5O3. The second kappa shape index (κ2) is 9.69. The molecule has 36 heavy (non-hydrogen) atoms. The van der Waals surface area contributed by atoms with Crippen LogP contribution in [0.3, 0.4) is 0 Å². The third-order valence-corrected chi connectivity index (χ3v) is 6.30. The minimum absolute atomic E-state index is 0. The number of primary amides is 1. The highest BCUT2D eigenvalue weighted by Gasteiger charge is 2.33. The summed E-state index contributed by atoms with van der Waals surface area (Å²) >= 11 is 0. The molecule has 0 spiro atoms. The second-order valence-electron chi connectivity index (χ2n) is 8.56. The molecule has 1 aromatic carbocycles. The third-order valence-electron chi connectivity index (χ3n) is 6.30. The first-order chi connectivity index (χ1) is 16.8. The number of H-pyrrole nitrogens is 1. The lowest BCUT2D eigenvalue weighted by Gasteiger charge is -2.25. The predicted molar refractivity (Wildman–Crippen MR) is 136 cm³/mol. The minimum atomic E-state index is -2.74. The van der Waals surface area contributed by atoms with Crippen LogP contribution in [-0.2, 0) is 0 Å². The number of alkyl halides is 2. The molecule has 0 radical (unpaired) electrons. The molecule has 0 unspecified atom stereocenters. The summed E-state index contributed by atoms with van der Waals surface area (Å²) in [5.41, 5.74) is 6.62. The number of fused-ring (bicyclic) bond motifs is 2. The molecule has 1 saturated heterocycles. The van der Waals surface area contributed by atoms with Crippen molar-refractivity contribution in [2.75, 3.05) is 25.1 Å². The number of benzene rings is 1. The van der Waals surface area contributed by atoms with Crippen LogP contribution < -0.4 is 20.8 Å². The van der Waals surface area contributed by atoms with Gasteiger partial charge < -0.3 is 20.4 Å². The first-order valence-electron chi connectivity index (χ1n) is 11.2. The smallest absolute Gasteiger partial charge is 0.268 e. The van der Waals surface area contributed by atoms with Gasteiger partial charge in [0.25, 0.3) is 5.91 Å². The van der Waals surface area contributed by atoms with Gasteiger partial charge in [-0.15, -0.1) is 12.4 Å². The lowest BCUT2D eigenvalue weighted by molar-refractivity contribution is -0.0102. The quantitative estimate of drug-likeness (QED) is 0.419. The molecule has 3 N–H and O–H groups in total. The molecule has 0 aliphatic carbocycles. The van der Waals surface area contributed by atoms with Gasteiger partial charge in [-0.25, -0.2) is 13.8 Å². The van der Waals surface area contributed by atoms with E-state index in [0.29, 0.717) is 41.1 Å². The number of hydrogen-bond donors (Lipinski definition) is 2.